The van der Waals surface area contributed by atoms with Crippen molar-refractivity contribution in [1.82, 2.24) is 0 Å². The summed E-state index contributed by atoms with van der Waals surface area (Å²) in [5.41, 5.74) is -1.51. The molecule has 3 rings (SSSR count). The molecule has 0 spiro atoms. The molecule has 0 saturated carbocycles. The van der Waals surface area contributed by atoms with E-state index in [1.807, 2.05) is 0 Å². The van der Waals surface area contributed by atoms with Gasteiger partial charge in [0.1, 0.15) is 11.9 Å². The van der Waals surface area contributed by atoms with Crippen molar-refractivity contribution in [3.63, 3.8) is 0 Å². The van der Waals surface area contributed by atoms with Crippen LogP contribution < -0.4 is 4.90 Å². The summed E-state index contributed by atoms with van der Waals surface area (Å²) < 4.78 is 80.2. The summed E-state index contributed by atoms with van der Waals surface area (Å²) in [5, 5.41) is 0. The van der Waals surface area contributed by atoms with Crippen molar-refractivity contribution < 1.29 is 35.9 Å². The van der Waals surface area contributed by atoms with Gasteiger partial charge in [-0.3, -0.25) is 14.5 Å². The molecular formula is C17H9F6NO2. The van der Waals surface area contributed by atoms with E-state index in [1.165, 1.54) is 0 Å². The molecule has 0 fully saturated rings. The smallest absolute Gasteiger partial charge is 0.295 e. The first-order valence-electron chi connectivity index (χ1n) is 7.27. The minimum Gasteiger partial charge on any atom is -0.295 e. The van der Waals surface area contributed by atoms with Crippen LogP contribution in [0, 0.1) is 17.5 Å². The number of hydrogen-bond donors (Lipinski definition) is 0. The Balaban J connectivity index is 2.19. The van der Waals surface area contributed by atoms with Gasteiger partial charge in [-0.05, 0) is 30.3 Å². The van der Waals surface area contributed by atoms with Crippen LogP contribution in [0.15, 0.2) is 36.4 Å². The van der Waals surface area contributed by atoms with Gasteiger partial charge in [-0.25, -0.2) is 13.2 Å². The molecule has 0 radical (unpaired) electrons. The molecule has 1 atom stereocenters. The molecule has 0 aliphatic carbocycles. The number of carbonyl (C=O) groups excluding carboxylic acids is 2. The van der Waals surface area contributed by atoms with E-state index in [0.29, 0.717) is 12.1 Å². The Bertz CT molecular complexity index is 891. The third-order valence-electron chi connectivity index (χ3n) is 3.98. The van der Waals surface area contributed by atoms with Crippen molar-refractivity contribution in [3.8, 4) is 0 Å². The number of rotatable bonds is 1. The molecule has 2 aromatic rings. The molecule has 1 amide bonds. The summed E-state index contributed by atoms with van der Waals surface area (Å²) in [5.74, 6) is -5.92. The van der Waals surface area contributed by atoms with Crippen LogP contribution in [0.1, 0.15) is 27.1 Å². The SMILES string of the molecule is O=C1CC(C(F)(F)F)N(C(=O)c2ccc(F)cc2)c2cc(F)c(F)cc21. The van der Waals surface area contributed by atoms with Crippen molar-refractivity contribution in [2.45, 2.75) is 18.6 Å². The lowest BCUT2D eigenvalue weighted by Crippen LogP contribution is -2.53. The predicted octanol–water partition coefficient (Wildman–Crippen LogP) is 4.27. The number of ketones is 1. The Hall–Kier alpha value is -2.84. The predicted molar refractivity (Wildman–Crippen MR) is 78.4 cm³/mol. The highest BCUT2D eigenvalue weighted by molar-refractivity contribution is 6.14. The zero-order chi connectivity index (χ0) is 19.2. The van der Waals surface area contributed by atoms with E-state index in [0.717, 1.165) is 24.3 Å². The average molecular weight is 373 g/mol. The topological polar surface area (TPSA) is 37.4 Å². The Morgan fingerprint density at radius 3 is 2.15 bits per heavy atom. The van der Waals surface area contributed by atoms with Crippen LogP contribution in [0.4, 0.5) is 32.0 Å². The maximum absolute atomic E-state index is 13.6. The highest BCUT2D eigenvalue weighted by Crippen LogP contribution is 2.39. The monoisotopic (exact) mass is 373 g/mol. The van der Waals surface area contributed by atoms with Gasteiger partial charge in [0.25, 0.3) is 5.91 Å². The summed E-state index contributed by atoms with van der Waals surface area (Å²) >= 11 is 0. The second kappa shape index (κ2) is 6.15. The zero-order valence-electron chi connectivity index (χ0n) is 12.8. The number of halogens is 6. The van der Waals surface area contributed by atoms with Gasteiger partial charge in [0, 0.05) is 23.6 Å². The van der Waals surface area contributed by atoms with Gasteiger partial charge in [-0.1, -0.05) is 0 Å². The maximum atomic E-state index is 13.6. The molecule has 0 bridgehead atoms. The number of carbonyl (C=O) groups is 2. The van der Waals surface area contributed by atoms with Crippen LogP contribution in [0.2, 0.25) is 0 Å². The molecule has 0 aromatic heterocycles. The van der Waals surface area contributed by atoms with Crippen molar-refractivity contribution >= 4 is 17.4 Å². The molecule has 1 heterocycles. The Morgan fingerprint density at radius 2 is 1.58 bits per heavy atom. The molecule has 136 valence electrons. The quantitative estimate of drug-likeness (QED) is 0.701. The van der Waals surface area contributed by atoms with Crippen molar-refractivity contribution in [1.29, 1.82) is 0 Å². The highest BCUT2D eigenvalue weighted by atomic mass is 19.4. The van der Waals surface area contributed by atoms with Gasteiger partial charge in [0.2, 0.25) is 0 Å². The fourth-order valence-electron chi connectivity index (χ4n) is 2.75. The third kappa shape index (κ3) is 3.04. The standard InChI is InChI=1S/C17H9F6NO2/c18-9-3-1-8(2-4-9)16(26)24-13-6-12(20)11(19)5-10(13)14(25)7-15(24)17(21,22)23/h1-6,15H,7H2. The number of benzene rings is 2. The summed E-state index contributed by atoms with van der Waals surface area (Å²) in [4.78, 5) is 24.8. The Morgan fingerprint density at radius 1 is 1.00 bits per heavy atom. The zero-order valence-corrected chi connectivity index (χ0v) is 12.8. The number of fused-ring (bicyclic) bond motifs is 1. The summed E-state index contributed by atoms with van der Waals surface area (Å²) in [6.45, 7) is 0. The fourth-order valence-corrected chi connectivity index (χ4v) is 2.75. The maximum Gasteiger partial charge on any atom is 0.409 e. The number of Topliss-reactive ketones (excluding diaryl/α,β-unsaturated/α-hetero) is 1. The molecule has 1 aliphatic rings. The first kappa shape index (κ1) is 18.0. The van der Waals surface area contributed by atoms with E-state index in [2.05, 4.69) is 0 Å². The van der Waals surface area contributed by atoms with Gasteiger partial charge in [-0.2, -0.15) is 13.2 Å². The van der Waals surface area contributed by atoms with Gasteiger partial charge >= 0.3 is 6.18 Å². The van der Waals surface area contributed by atoms with E-state index in [1.54, 1.807) is 0 Å². The largest absolute Gasteiger partial charge is 0.409 e. The van der Waals surface area contributed by atoms with Gasteiger partial charge in [0.05, 0.1) is 5.69 Å². The number of nitrogens with zero attached hydrogens (tertiary/aromatic N) is 1. The van der Waals surface area contributed by atoms with Crippen molar-refractivity contribution in [2.24, 2.45) is 0 Å². The lowest BCUT2D eigenvalue weighted by molar-refractivity contribution is -0.147. The number of anilines is 1. The molecule has 9 heteroatoms. The van der Waals surface area contributed by atoms with Crippen LogP contribution in [-0.4, -0.2) is 23.9 Å². The second-order valence-corrected chi connectivity index (χ2v) is 5.65. The molecule has 26 heavy (non-hydrogen) atoms. The van der Waals surface area contributed by atoms with Gasteiger partial charge < -0.3 is 0 Å². The summed E-state index contributed by atoms with van der Waals surface area (Å²) in [7, 11) is 0. The first-order chi connectivity index (χ1) is 12.1. The lowest BCUT2D eigenvalue weighted by Gasteiger charge is -2.37. The van der Waals surface area contributed by atoms with E-state index in [4.69, 9.17) is 0 Å². The van der Waals surface area contributed by atoms with Crippen LogP contribution >= 0.6 is 0 Å². The number of hydrogen-bond acceptors (Lipinski definition) is 2. The van der Waals surface area contributed by atoms with Crippen LogP contribution in [0.5, 0.6) is 0 Å². The third-order valence-corrected chi connectivity index (χ3v) is 3.98. The normalized spacial score (nSPS) is 17.2. The van der Waals surface area contributed by atoms with E-state index < -0.39 is 59.0 Å². The molecule has 0 saturated heterocycles. The Labute approximate surface area is 142 Å². The van der Waals surface area contributed by atoms with Gasteiger partial charge in [0.15, 0.2) is 17.4 Å². The van der Waals surface area contributed by atoms with E-state index in [9.17, 15) is 35.9 Å². The van der Waals surface area contributed by atoms with Crippen molar-refractivity contribution in [2.75, 3.05) is 4.90 Å². The summed E-state index contributed by atoms with van der Waals surface area (Å²) in [6, 6.07) is 1.95. The fraction of sp³-hybridized carbons (Fsp3) is 0.176. The summed E-state index contributed by atoms with van der Waals surface area (Å²) in [6.07, 6.45) is -6.12. The first-order valence-corrected chi connectivity index (χ1v) is 7.27. The molecular weight excluding hydrogens is 364 g/mol. The van der Waals surface area contributed by atoms with E-state index >= 15 is 0 Å². The van der Waals surface area contributed by atoms with Crippen molar-refractivity contribution in [3.05, 3.63) is 65.0 Å². The minimum atomic E-state index is -4.99. The number of amides is 1. The molecule has 0 N–H and O–H groups in total. The second-order valence-electron chi connectivity index (χ2n) is 5.65. The van der Waals surface area contributed by atoms with E-state index in [-0.39, 0.29) is 10.5 Å². The molecule has 3 nitrogen and oxygen atoms in total. The van der Waals surface area contributed by atoms with Crippen LogP contribution in [0.3, 0.4) is 0 Å². The van der Waals surface area contributed by atoms with Crippen LogP contribution in [-0.2, 0) is 0 Å². The lowest BCUT2D eigenvalue weighted by atomic mass is 9.93. The molecule has 1 aliphatic heterocycles. The average Bonchev–Trinajstić information content (AvgIpc) is 2.56. The molecule has 2 aromatic carbocycles. The molecule has 1 unspecified atom stereocenters. The van der Waals surface area contributed by atoms with Crippen LogP contribution in [0.25, 0.3) is 0 Å². The highest BCUT2D eigenvalue weighted by Gasteiger charge is 2.50. The minimum absolute atomic E-state index is 0.201. The van der Waals surface area contributed by atoms with Gasteiger partial charge in [-0.15, -0.1) is 0 Å². The number of alkyl halides is 3. The Kier molecular flexibility index (Phi) is 4.25.